The molecule has 4 nitrogen and oxygen atoms in total. The lowest BCUT2D eigenvalue weighted by Gasteiger charge is -2.25. The Morgan fingerprint density at radius 1 is 1.44 bits per heavy atom. The Labute approximate surface area is 106 Å². The number of nitro groups is 1. The zero-order valence-corrected chi connectivity index (χ0v) is 10.8. The summed E-state index contributed by atoms with van der Waals surface area (Å²) in [5, 5.41) is 20.7. The third-order valence-corrected chi connectivity index (χ3v) is 2.93. The normalized spacial score (nSPS) is 13.4. The van der Waals surface area contributed by atoms with Crippen LogP contribution in [0.5, 0.6) is 0 Å². The monoisotopic (exact) mass is 255 g/mol. The number of aliphatic hydroxyl groups is 1. The number of nitro benzene ring substituents is 1. The van der Waals surface area contributed by atoms with Crippen molar-refractivity contribution in [3.05, 3.63) is 39.7 Å². The molecule has 1 rings (SSSR count). The average Bonchev–Trinajstić information content (AvgIpc) is 2.24. The van der Waals surface area contributed by atoms with Gasteiger partial charge in [-0.15, -0.1) is 0 Å². The molecule has 0 aliphatic carbocycles. The number of halogens is 1. The molecule has 1 unspecified atom stereocenters. The van der Waals surface area contributed by atoms with Crippen LogP contribution < -0.4 is 0 Å². The first-order valence-electron chi connectivity index (χ1n) is 5.82. The van der Waals surface area contributed by atoms with Crippen molar-refractivity contribution < 1.29 is 14.4 Å². The Morgan fingerprint density at radius 2 is 2.06 bits per heavy atom. The predicted octanol–water partition coefficient (Wildman–Crippen LogP) is 3.07. The molecular weight excluding hydrogens is 237 g/mol. The number of rotatable bonds is 4. The van der Waals surface area contributed by atoms with Gasteiger partial charge in [-0.3, -0.25) is 10.1 Å². The molecule has 0 heterocycles. The van der Waals surface area contributed by atoms with Gasteiger partial charge in [-0.25, -0.2) is 4.39 Å². The molecule has 0 fully saturated rings. The fourth-order valence-corrected chi connectivity index (χ4v) is 1.66. The SMILES string of the molecule is CC(C)(C)C(O)CCc1cc(F)ccc1[N+](=O)[O-]. The van der Waals surface area contributed by atoms with Gasteiger partial charge in [0.2, 0.25) is 0 Å². The molecule has 0 aliphatic heterocycles. The maximum absolute atomic E-state index is 13.1. The van der Waals surface area contributed by atoms with Crippen LogP contribution in [-0.2, 0) is 6.42 Å². The van der Waals surface area contributed by atoms with E-state index in [1.165, 1.54) is 0 Å². The van der Waals surface area contributed by atoms with Gasteiger partial charge in [0, 0.05) is 11.6 Å². The van der Waals surface area contributed by atoms with Gasteiger partial charge in [-0.05, 0) is 30.4 Å². The zero-order chi connectivity index (χ0) is 13.9. The summed E-state index contributed by atoms with van der Waals surface area (Å²) in [5.74, 6) is -0.499. The van der Waals surface area contributed by atoms with Crippen LogP contribution in [0.15, 0.2) is 18.2 Å². The summed E-state index contributed by atoms with van der Waals surface area (Å²) in [5.41, 5.74) is -0.0666. The largest absolute Gasteiger partial charge is 0.393 e. The minimum absolute atomic E-state index is 0.0995. The van der Waals surface area contributed by atoms with E-state index < -0.39 is 16.8 Å². The molecule has 0 spiro atoms. The molecule has 0 radical (unpaired) electrons. The van der Waals surface area contributed by atoms with Crippen molar-refractivity contribution in [2.45, 2.75) is 39.7 Å². The molecule has 0 aromatic heterocycles. The van der Waals surface area contributed by atoms with E-state index in [-0.39, 0.29) is 17.5 Å². The van der Waals surface area contributed by atoms with E-state index in [1.807, 2.05) is 20.8 Å². The van der Waals surface area contributed by atoms with Crippen LogP contribution in [0.25, 0.3) is 0 Å². The number of nitrogens with zero attached hydrogens (tertiary/aromatic N) is 1. The van der Waals surface area contributed by atoms with Crippen molar-refractivity contribution in [2.75, 3.05) is 0 Å². The summed E-state index contributed by atoms with van der Waals surface area (Å²) in [4.78, 5) is 10.3. The summed E-state index contributed by atoms with van der Waals surface area (Å²) in [6.45, 7) is 5.66. The van der Waals surface area contributed by atoms with Crippen LogP contribution in [-0.4, -0.2) is 16.1 Å². The molecule has 5 heteroatoms. The lowest BCUT2D eigenvalue weighted by Crippen LogP contribution is -2.26. The van der Waals surface area contributed by atoms with Gasteiger partial charge in [0.1, 0.15) is 5.82 Å². The minimum Gasteiger partial charge on any atom is -0.393 e. The molecule has 0 amide bonds. The standard InChI is InChI=1S/C13H18FNO3/c1-13(2,3)12(16)7-4-9-8-10(14)5-6-11(9)15(17)18/h5-6,8,12,16H,4,7H2,1-3H3. The third kappa shape index (κ3) is 3.77. The lowest BCUT2D eigenvalue weighted by atomic mass is 9.85. The number of aliphatic hydroxyl groups excluding tert-OH is 1. The van der Waals surface area contributed by atoms with Crippen molar-refractivity contribution in [3.8, 4) is 0 Å². The Kier molecular flexibility index (Phi) is 4.40. The first-order chi connectivity index (χ1) is 8.21. The van der Waals surface area contributed by atoms with Crippen molar-refractivity contribution in [1.29, 1.82) is 0 Å². The van der Waals surface area contributed by atoms with Crippen molar-refractivity contribution in [2.24, 2.45) is 5.41 Å². The number of hydrogen-bond acceptors (Lipinski definition) is 3. The van der Waals surface area contributed by atoms with E-state index in [0.717, 1.165) is 18.2 Å². The molecule has 0 saturated heterocycles. The maximum atomic E-state index is 13.1. The van der Waals surface area contributed by atoms with Crippen LogP contribution in [0.4, 0.5) is 10.1 Å². The van der Waals surface area contributed by atoms with Crippen LogP contribution in [0.1, 0.15) is 32.8 Å². The highest BCUT2D eigenvalue weighted by molar-refractivity contribution is 5.40. The van der Waals surface area contributed by atoms with Crippen molar-refractivity contribution >= 4 is 5.69 Å². The van der Waals surface area contributed by atoms with Crippen LogP contribution in [0.3, 0.4) is 0 Å². The summed E-state index contributed by atoms with van der Waals surface area (Å²) in [6.07, 6.45) is 0.0701. The first kappa shape index (κ1) is 14.6. The predicted molar refractivity (Wildman–Crippen MR) is 66.8 cm³/mol. The van der Waals surface area contributed by atoms with Crippen LogP contribution in [0.2, 0.25) is 0 Å². The fourth-order valence-electron chi connectivity index (χ4n) is 1.66. The molecule has 1 N–H and O–H groups in total. The number of aryl methyl sites for hydroxylation is 1. The van der Waals surface area contributed by atoms with E-state index in [2.05, 4.69) is 0 Å². The Balaban J connectivity index is 2.84. The smallest absolute Gasteiger partial charge is 0.272 e. The second-order valence-electron chi connectivity index (χ2n) is 5.45. The zero-order valence-electron chi connectivity index (χ0n) is 10.8. The molecular formula is C13H18FNO3. The topological polar surface area (TPSA) is 63.4 Å². The van der Waals surface area contributed by atoms with E-state index in [9.17, 15) is 19.6 Å². The van der Waals surface area contributed by atoms with Gasteiger partial charge in [0.25, 0.3) is 5.69 Å². The second kappa shape index (κ2) is 5.44. The van der Waals surface area contributed by atoms with Gasteiger partial charge in [-0.2, -0.15) is 0 Å². The minimum atomic E-state index is -0.583. The Morgan fingerprint density at radius 3 is 2.56 bits per heavy atom. The van der Waals surface area contributed by atoms with Gasteiger partial charge in [0.05, 0.1) is 11.0 Å². The molecule has 1 aromatic rings. The van der Waals surface area contributed by atoms with Gasteiger partial charge in [0.15, 0.2) is 0 Å². The van der Waals surface area contributed by atoms with Gasteiger partial charge < -0.3 is 5.11 Å². The van der Waals surface area contributed by atoms with Crippen molar-refractivity contribution in [3.63, 3.8) is 0 Å². The summed E-state index contributed by atoms with van der Waals surface area (Å²) in [7, 11) is 0. The van der Waals surface area contributed by atoms with E-state index >= 15 is 0 Å². The first-order valence-corrected chi connectivity index (χ1v) is 5.82. The fraction of sp³-hybridized carbons (Fsp3) is 0.538. The van der Waals surface area contributed by atoms with E-state index in [0.29, 0.717) is 12.0 Å². The highest BCUT2D eigenvalue weighted by Crippen LogP contribution is 2.26. The highest BCUT2D eigenvalue weighted by atomic mass is 19.1. The molecule has 0 aliphatic rings. The molecule has 100 valence electrons. The molecule has 1 atom stereocenters. The molecule has 18 heavy (non-hydrogen) atoms. The maximum Gasteiger partial charge on any atom is 0.272 e. The van der Waals surface area contributed by atoms with E-state index in [1.54, 1.807) is 0 Å². The second-order valence-corrected chi connectivity index (χ2v) is 5.45. The van der Waals surface area contributed by atoms with Crippen molar-refractivity contribution in [1.82, 2.24) is 0 Å². The molecule has 0 bridgehead atoms. The Hall–Kier alpha value is -1.49. The Bertz CT molecular complexity index is 440. The summed E-state index contributed by atoms with van der Waals surface area (Å²) in [6, 6.07) is 3.39. The highest BCUT2D eigenvalue weighted by Gasteiger charge is 2.23. The average molecular weight is 255 g/mol. The summed E-state index contributed by atoms with van der Waals surface area (Å²) < 4.78 is 13.1. The van der Waals surface area contributed by atoms with Gasteiger partial charge >= 0.3 is 0 Å². The lowest BCUT2D eigenvalue weighted by molar-refractivity contribution is -0.385. The number of hydrogen-bond donors (Lipinski definition) is 1. The van der Waals surface area contributed by atoms with Crippen LogP contribution in [0, 0.1) is 21.3 Å². The summed E-state index contributed by atoms with van der Waals surface area (Å²) >= 11 is 0. The van der Waals surface area contributed by atoms with E-state index in [4.69, 9.17) is 0 Å². The molecule has 1 aromatic carbocycles. The quantitative estimate of drug-likeness (QED) is 0.664. The van der Waals surface area contributed by atoms with Gasteiger partial charge in [-0.1, -0.05) is 20.8 Å². The third-order valence-electron chi connectivity index (χ3n) is 2.93. The molecule has 0 saturated carbocycles. The van der Waals surface area contributed by atoms with Crippen LogP contribution >= 0.6 is 0 Å². The number of benzene rings is 1.